The second kappa shape index (κ2) is 13.0. The number of fused-ring (bicyclic) bond motifs is 1. The van der Waals surface area contributed by atoms with Crippen molar-refractivity contribution in [2.45, 2.75) is 31.7 Å². The van der Waals surface area contributed by atoms with Crippen molar-refractivity contribution < 1.29 is 14.3 Å². The number of carbonyl (C=O) groups excluding carboxylic acids is 1. The van der Waals surface area contributed by atoms with E-state index in [9.17, 15) is 4.79 Å². The van der Waals surface area contributed by atoms with E-state index in [2.05, 4.69) is 21.7 Å². The molecule has 5 rings (SSSR count). The van der Waals surface area contributed by atoms with Gasteiger partial charge in [-0.1, -0.05) is 18.7 Å². The van der Waals surface area contributed by atoms with E-state index in [1.54, 1.807) is 7.11 Å². The molecule has 0 radical (unpaired) electrons. The molecule has 2 aliphatic heterocycles. The average Bonchev–Trinajstić information content (AvgIpc) is 3.02. The lowest BCUT2D eigenvalue weighted by molar-refractivity contribution is 0.0115. The normalized spacial score (nSPS) is 16.6. The van der Waals surface area contributed by atoms with Crippen molar-refractivity contribution >= 4 is 29.0 Å². The van der Waals surface area contributed by atoms with E-state index in [1.807, 2.05) is 42.5 Å². The molecule has 210 valence electrons. The fourth-order valence-electron chi connectivity index (χ4n) is 5.45. The molecule has 3 heterocycles. The summed E-state index contributed by atoms with van der Waals surface area (Å²) in [7, 11) is 1.66. The standard InChI is InChI=1S/C31H38N6O3/c1-22(21-32)5-4-12-33-31(38)24-8-9-27-28(20-24)34-29(23-6-3-7-26(19-23)39-2)30(35-27)37-13-10-25(11-14-37)36-15-17-40-18-16-36/h3,6-9,19-21,25,32H,1,4-5,10-18H2,2H3,(H,33,38). The monoisotopic (exact) mass is 542 g/mol. The zero-order valence-electron chi connectivity index (χ0n) is 23.2. The van der Waals surface area contributed by atoms with Gasteiger partial charge >= 0.3 is 0 Å². The number of carbonyl (C=O) groups is 1. The van der Waals surface area contributed by atoms with Crippen molar-refractivity contribution in [3.8, 4) is 17.0 Å². The first-order valence-corrected chi connectivity index (χ1v) is 14.0. The van der Waals surface area contributed by atoms with Gasteiger partial charge in [0.1, 0.15) is 11.4 Å². The van der Waals surface area contributed by atoms with Crippen LogP contribution in [0.2, 0.25) is 0 Å². The summed E-state index contributed by atoms with van der Waals surface area (Å²) in [4.78, 5) is 27.9. The van der Waals surface area contributed by atoms with E-state index in [1.165, 1.54) is 6.21 Å². The number of allylic oxidation sites excluding steroid dienone is 1. The summed E-state index contributed by atoms with van der Waals surface area (Å²) in [6.45, 7) is 9.78. The van der Waals surface area contributed by atoms with E-state index in [4.69, 9.17) is 24.9 Å². The Labute approximate surface area is 235 Å². The number of amides is 1. The minimum absolute atomic E-state index is 0.152. The molecular formula is C31H38N6O3. The quantitative estimate of drug-likeness (QED) is 0.290. The van der Waals surface area contributed by atoms with Crippen LogP contribution in [-0.2, 0) is 4.74 Å². The van der Waals surface area contributed by atoms with E-state index in [0.29, 0.717) is 30.1 Å². The third kappa shape index (κ3) is 6.48. The van der Waals surface area contributed by atoms with Crippen molar-refractivity contribution in [3.05, 3.63) is 60.2 Å². The van der Waals surface area contributed by atoms with Gasteiger partial charge in [-0.25, -0.2) is 9.97 Å². The van der Waals surface area contributed by atoms with Crippen molar-refractivity contribution in [2.75, 3.05) is 57.9 Å². The second-order valence-corrected chi connectivity index (χ2v) is 10.4. The van der Waals surface area contributed by atoms with Crippen LogP contribution in [0.1, 0.15) is 36.0 Å². The number of morpholine rings is 1. The Morgan fingerprint density at radius 3 is 2.67 bits per heavy atom. The molecule has 2 saturated heterocycles. The van der Waals surface area contributed by atoms with Gasteiger partial charge in [0, 0.05) is 56.1 Å². The molecule has 9 nitrogen and oxygen atoms in total. The molecule has 3 aromatic rings. The molecule has 0 saturated carbocycles. The highest BCUT2D eigenvalue weighted by molar-refractivity contribution is 5.98. The van der Waals surface area contributed by atoms with Crippen LogP contribution in [0.15, 0.2) is 54.6 Å². The van der Waals surface area contributed by atoms with E-state index < -0.39 is 0 Å². The Morgan fingerprint density at radius 2 is 1.93 bits per heavy atom. The number of aromatic nitrogens is 2. The Hall–Kier alpha value is -3.82. The number of rotatable bonds is 10. The Balaban J connectivity index is 1.40. The summed E-state index contributed by atoms with van der Waals surface area (Å²) < 4.78 is 11.1. The molecule has 0 aliphatic carbocycles. The number of ether oxygens (including phenoxy) is 2. The molecule has 9 heteroatoms. The molecule has 2 N–H and O–H groups in total. The topological polar surface area (TPSA) is 104 Å². The fraction of sp³-hybridized carbons (Fsp3) is 0.419. The Morgan fingerprint density at radius 1 is 1.12 bits per heavy atom. The fourth-order valence-corrected chi connectivity index (χ4v) is 5.45. The summed E-state index contributed by atoms with van der Waals surface area (Å²) in [5.74, 6) is 1.47. The molecule has 0 bridgehead atoms. The first kappa shape index (κ1) is 27.7. The minimum atomic E-state index is -0.152. The molecule has 1 aromatic heterocycles. The van der Waals surface area contributed by atoms with Crippen LogP contribution >= 0.6 is 0 Å². The second-order valence-electron chi connectivity index (χ2n) is 10.4. The number of hydrogen-bond donors (Lipinski definition) is 2. The van der Waals surface area contributed by atoms with Crippen LogP contribution in [0.3, 0.4) is 0 Å². The predicted octanol–water partition coefficient (Wildman–Crippen LogP) is 4.32. The number of benzene rings is 2. The third-order valence-corrected chi connectivity index (χ3v) is 7.74. The van der Waals surface area contributed by atoms with Crippen LogP contribution < -0.4 is 15.0 Å². The molecule has 2 aliphatic rings. The smallest absolute Gasteiger partial charge is 0.251 e. The summed E-state index contributed by atoms with van der Waals surface area (Å²) >= 11 is 0. The zero-order chi connectivity index (χ0) is 27.9. The van der Waals surface area contributed by atoms with Gasteiger partial charge < -0.3 is 25.1 Å². The maximum atomic E-state index is 12.9. The first-order valence-electron chi connectivity index (χ1n) is 14.0. The van der Waals surface area contributed by atoms with Crippen molar-refractivity contribution in [1.29, 1.82) is 5.41 Å². The summed E-state index contributed by atoms with van der Waals surface area (Å²) in [5, 5.41) is 10.2. The van der Waals surface area contributed by atoms with Crippen LogP contribution in [0, 0.1) is 5.41 Å². The number of methoxy groups -OCH3 is 1. The van der Waals surface area contributed by atoms with Gasteiger partial charge in [-0.2, -0.15) is 0 Å². The van der Waals surface area contributed by atoms with Crippen molar-refractivity contribution in [3.63, 3.8) is 0 Å². The molecular weight excluding hydrogens is 504 g/mol. The highest BCUT2D eigenvalue weighted by atomic mass is 16.5. The third-order valence-electron chi connectivity index (χ3n) is 7.74. The SMILES string of the molecule is C=C(C=N)CCCNC(=O)c1ccc2nc(N3CCC(N4CCOCC4)CC3)c(-c3cccc(OC)c3)nc2c1. The van der Waals surface area contributed by atoms with Crippen LogP contribution in [0.4, 0.5) is 5.82 Å². The summed E-state index contributed by atoms with van der Waals surface area (Å²) in [5.41, 5.74) is 4.45. The molecule has 2 aromatic carbocycles. The number of piperidine rings is 1. The lowest BCUT2D eigenvalue weighted by atomic mass is 10.0. The van der Waals surface area contributed by atoms with E-state index in [0.717, 1.165) is 92.6 Å². The number of hydrogen-bond acceptors (Lipinski definition) is 8. The lowest BCUT2D eigenvalue weighted by Crippen LogP contribution is -2.49. The Kier molecular flexibility index (Phi) is 9.03. The highest BCUT2D eigenvalue weighted by Gasteiger charge is 2.28. The molecule has 0 spiro atoms. The average molecular weight is 543 g/mol. The van der Waals surface area contributed by atoms with Gasteiger partial charge in [-0.15, -0.1) is 0 Å². The van der Waals surface area contributed by atoms with Crippen LogP contribution in [-0.4, -0.2) is 86.1 Å². The van der Waals surface area contributed by atoms with Crippen molar-refractivity contribution in [2.24, 2.45) is 0 Å². The molecule has 0 unspecified atom stereocenters. The maximum Gasteiger partial charge on any atom is 0.251 e. The zero-order valence-corrected chi connectivity index (χ0v) is 23.2. The minimum Gasteiger partial charge on any atom is -0.497 e. The molecule has 40 heavy (non-hydrogen) atoms. The summed E-state index contributed by atoms with van der Waals surface area (Å²) in [6.07, 6.45) is 4.82. The van der Waals surface area contributed by atoms with Crippen LogP contribution in [0.25, 0.3) is 22.3 Å². The molecule has 0 atom stereocenters. The van der Waals surface area contributed by atoms with E-state index >= 15 is 0 Å². The van der Waals surface area contributed by atoms with Gasteiger partial charge in [0.2, 0.25) is 0 Å². The van der Waals surface area contributed by atoms with Gasteiger partial charge in [-0.05, 0) is 61.6 Å². The molecule has 1 amide bonds. The number of nitrogens with one attached hydrogen (secondary N) is 2. The number of anilines is 1. The first-order chi connectivity index (χ1) is 19.6. The Bertz CT molecular complexity index is 1360. The predicted molar refractivity (Wildman–Crippen MR) is 159 cm³/mol. The van der Waals surface area contributed by atoms with Gasteiger partial charge in [0.25, 0.3) is 5.91 Å². The van der Waals surface area contributed by atoms with Gasteiger partial charge in [0.15, 0.2) is 5.82 Å². The van der Waals surface area contributed by atoms with Crippen LogP contribution in [0.5, 0.6) is 5.75 Å². The largest absolute Gasteiger partial charge is 0.497 e. The lowest BCUT2D eigenvalue weighted by Gasteiger charge is -2.40. The van der Waals surface area contributed by atoms with Gasteiger partial charge in [0.05, 0.1) is 31.4 Å². The molecule has 2 fully saturated rings. The summed E-state index contributed by atoms with van der Waals surface area (Å²) in [6, 6.07) is 14.0. The highest BCUT2D eigenvalue weighted by Crippen LogP contribution is 2.34. The van der Waals surface area contributed by atoms with Gasteiger partial charge in [-0.3, -0.25) is 9.69 Å². The maximum absolute atomic E-state index is 12.9. The van der Waals surface area contributed by atoms with E-state index in [-0.39, 0.29) is 5.91 Å². The number of nitrogens with zero attached hydrogens (tertiary/aromatic N) is 4. The van der Waals surface area contributed by atoms with Crippen molar-refractivity contribution in [1.82, 2.24) is 20.2 Å².